The molecule has 3 aliphatic heterocycles. The number of ether oxygens (including phenoxy) is 2. The van der Waals surface area contributed by atoms with Crippen LogP contribution in [0.25, 0.3) is 37.0 Å². The number of fused-ring (bicyclic) bond motifs is 3. The smallest absolute Gasteiger partial charge is 0.320 e. The Bertz CT molecular complexity index is 1720. The number of nitrogens with zero attached hydrogens (tertiary/aromatic N) is 4. The molecule has 3 atom stereocenters. The number of hydrogen-bond acceptors (Lipinski definition) is 8. The number of rotatable bonds is 6. The van der Waals surface area contributed by atoms with Crippen molar-refractivity contribution in [1.82, 2.24) is 20.2 Å². The summed E-state index contributed by atoms with van der Waals surface area (Å²) in [5.41, 5.74) is 6.13. The van der Waals surface area contributed by atoms with Crippen molar-refractivity contribution in [3.05, 3.63) is 47.3 Å². The van der Waals surface area contributed by atoms with E-state index in [0.717, 1.165) is 43.7 Å². The van der Waals surface area contributed by atoms with Crippen LogP contribution in [-0.2, 0) is 0 Å². The van der Waals surface area contributed by atoms with Gasteiger partial charge in [0.25, 0.3) is 0 Å². The van der Waals surface area contributed by atoms with Crippen molar-refractivity contribution < 1.29 is 22.6 Å². The Labute approximate surface area is 238 Å². The van der Waals surface area contributed by atoms with Crippen molar-refractivity contribution in [1.29, 1.82) is 0 Å². The Morgan fingerprint density at radius 3 is 2.88 bits per heavy atom. The SMILES string of the molecule is [C-]#[N+]c1c(N)sc2c(F)ccc(-c3ccc4c(OC5CCNC5)nc(OCC56CCCN5CC(F)C6)nc4c3F)c12. The van der Waals surface area contributed by atoms with Crippen LogP contribution in [0.2, 0.25) is 0 Å². The largest absolute Gasteiger partial charge is 0.472 e. The molecule has 12 heteroatoms. The van der Waals surface area contributed by atoms with E-state index < -0.39 is 23.3 Å². The lowest BCUT2D eigenvalue weighted by molar-refractivity contribution is 0.106. The number of halogens is 3. The number of alkyl halides is 1. The molecule has 2 aromatic carbocycles. The third-order valence-corrected chi connectivity index (χ3v) is 9.49. The van der Waals surface area contributed by atoms with Gasteiger partial charge in [0.05, 0.1) is 27.2 Å². The van der Waals surface area contributed by atoms with E-state index in [1.165, 1.54) is 12.1 Å². The quantitative estimate of drug-likeness (QED) is 0.286. The Balaban J connectivity index is 1.34. The molecule has 41 heavy (non-hydrogen) atoms. The van der Waals surface area contributed by atoms with E-state index in [1.54, 1.807) is 12.1 Å². The van der Waals surface area contributed by atoms with Crippen molar-refractivity contribution in [2.24, 2.45) is 0 Å². The number of nitrogen functional groups attached to an aromatic ring is 1. The maximum absolute atomic E-state index is 16.4. The Hall–Kier alpha value is -3.66. The average Bonchev–Trinajstić information content (AvgIpc) is 3.73. The summed E-state index contributed by atoms with van der Waals surface area (Å²) >= 11 is 0.961. The van der Waals surface area contributed by atoms with Gasteiger partial charge in [0.15, 0.2) is 5.82 Å². The predicted molar refractivity (Wildman–Crippen MR) is 151 cm³/mol. The first-order valence-electron chi connectivity index (χ1n) is 13.6. The van der Waals surface area contributed by atoms with E-state index in [1.807, 2.05) is 0 Å². The summed E-state index contributed by atoms with van der Waals surface area (Å²) in [6, 6.07) is 5.87. The second kappa shape index (κ2) is 10.0. The van der Waals surface area contributed by atoms with Crippen molar-refractivity contribution in [2.45, 2.75) is 43.5 Å². The molecule has 2 aromatic heterocycles. The van der Waals surface area contributed by atoms with Gasteiger partial charge in [-0.3, -0.25) is 4.90 Å². The van der Waals surface area contributed by atoms with Crippen LogP contribution in [-0.4, -0.2) is 65.5 Å². The second-order valence-electron chi connectivity index (χ2n) is 11.0. The molecule has 0 bridgehead atoms. The molecule has 8 nitrogen and oxygen atoms in total. The first-order chi connectivity index (χ1) is 19.9. The Kier molecular flexibility index (Phi) is 6.41. The van der Waals surface area contributed by atoms with Crippen LogP contribution in [0.15, 0.2) is 24.3 Å². The molecule has 0 spiro atoms. The van der Waals surface area contributed by atoms with Gasteiger partial charge in [0.1, 0.15) is 30.2 Å². The zero-order valence-electron chi connectivity index (χ0n) is 22.1. The summed E-state index contributed by atoms with van der Waals surface area (Å²) in [5, 5.41) is 4.05. The highest BCUT2D eigenvalue weighted by atomic mass is 32.1. The highest BCUT2D eigenvalue weighted by Gasteiger charge is 2.49. The van der Waals surface area contributed by atoms with E-state index in [0.29, 0.717) is 30.5 Å². The number of thiophene rings is 1. The number of nitrogens with two attached hydrogens (primary N) is 1. The third kappa shape index (κ3) is 4.34. The zero-order valence-corrected chi connectivity index (χ0v) is 22.9. The molecular formula is C29H27F3N6O2S. The molecule has 3 fully saturated rings. The number of aromatic nitrogens is 2. The van der Waals surface area contributed by atoms with Gasteiger partial charge in [-0.25, -0.2) is 18.0 Å². The van der Waals surface area contributed by atoms with Gasteiger partial charge in [-0.05, 0) is 50.0 Å². The van der Waals surface area contributed by atoms with E-state index in [9.17, 15) is 8.78 Å². The maximum Gasteiger partial charge on any atom is 0.320 e. The first kappa shape index (κ1) is 26.3. The molecule has 0 radical (unpaired) electrons. The van der Waals surface area contributed by atoms with Crippen molar-refractivity contribution >= 4 is 43.0 Å². The number of anilines is 1. The molecule has 4 aromatic rings. The van der Waals surface area contributed by atoms with Crippen LogP contribution in [0.3, 0.4) is 0 Å². The van der Waals surface area contributed by atoms with E-state index in [-0.39, 0.29) is 56.5 Å². The minimum Gasteiger partial charge on any atom is -0.472 e. The molecule has 3 unspecified atom stereocenters. The van der Waals surface area contributed by atoms with Crippen molar-refractivity contribution in [2.75, 3.05) is 38.5 Å². The summed E-state index contributed by atoms with van der Waals surface area (Å²) < 4.78 is 57.9. The van der Waals surface area contributed by atoms with Crippen LogP contribution < -0.4 is 20.5 Å². The number of nitrogens with one attached hydrogen (secondary N) is 1. The summed E-state index contributed by atoms with van der Waals surface area (Å²) in [5.74, 6) is -1.01. The van der Waals surface area contributed by atoms with Crippen LogP contribution >= 0.6 is 11.3 Å². The molecule has 3 N–H and O–H groups in total. The highest BCUT2D eigenvalue weighted by Crippen LogP contribution is 2.47. The standard InChI is InChI=1S/C29H27F3N6O2S/c1-34-24-21-17(5-6-20(31)25(21)41-26(24)33)18-3-4-19-23(22(18)32)36-28(37-27(19)40-16-7-9-35-12-16)39-14-29-8-2-10-38(29)13-15(30)11-29/h3-6,15-16,35H,2,7-14,33H2. The third-order valence-electron chi connectivity index (χ3n) is 8.47. The van der Waals surface area contributed by atoms with Gasteiger partial charge >= 0.3 is 6.01 Å². The van der Waals surface area contributed by atoms with Crippen LogP contribution in [0.4, 0.5) is 23.9 Å². The van der Waals surface area contributed by atoms with Crippen molar-refractivity contribution in [3.63, 3.8) is 0 Å². The van der Waals surface area contributed by atoms with Crippen molar-refractivity contribution in [3.8, 4) is 23.0 Å². The van der Waals surface area contributed by atoms with Crippen LogP contribution in [0, 0.1) is 18.2 Å². The number of hydrogen-bond donors (Lipinski definition) is 2. The average molecular weight is 581 g/mol. The lowest BCUT2D eigenvalue weighted by Crippen LogP contribution is -2.43. The van der Waals surface area contributed by atoms with Gasteiger partial charge in [0, 0.05) is 30.5 Å². The highest BCUT2D eigenvalue weighted by molar-refractivity contribution is 7.23. The maximum atomic E-state index is 16.4. The molecule has 0 amide bonds. The lowest BCUT2D eigenvalue weighted by atomic mass is 9.95. The normalized spacial score (nSPS) is 24.2. The van der Waals surface area contributed by atoms with E-state index >= 15 is 4.39 Å². The predicted octanol–water partition coefficient (Wildman–Crippen LogP) is 5.62. The molecule has 3 aliphatic rings. The molecular weight excluding hydrogens is 553 g/mol. The van der Waals surface area contributed by atoms with Gasteiger partial charge in [0.2, 0.25) is 11.6 Å². The summed E-state index contributed by atoms with van der Waals surface area (Å²) in [7, 11) is 0. The number of benzene rings is 2. The molecule has 7 rings (SSSR count). The molecule has 3 saturated heterocycles. The van der Waals surface area contributed by atoms with Gasteiger partial charge in [-0.15, -0.1) is 11.3 Å². The fraction of sp³-hybridized carbons (Fsp3) is 0.414. The monoisotopic (exact) mass is 580 g/mol. The summed E-state index contributed by atoms with van der Waals surface area (Å²) in [6.45, 7) is 10.4. The molecule has 0 saturated carbocycles. The fourth-order valence-corrected chi connectivity index (χ4v) is 7.46. The fourth-order valence-electron chi connectivity index (χ4n) is 6.52. The van der Waals surface area contributed by atoms with Crippen LogP contribution in [0.1, 0.15) is 25.7 Å². The molecule has 0 aliphatic carbocycles. The molecule has 5 heterocycles. The topological polar surface area (TPSA) is 89.9 Å². The Morgan fingerprint density at radius 2 is 2.07 bits per heavy atom. The first-order valence-corrected chi connectivity index (χ1v) is 14.5. The molecule has 212 valence electrons. The minimum absolute atomic E-state index is 0.0194. The second-order valence-corrected chi connectivity index (χ2v) is 12.0. The summed E-state index contributed by atoms with van der Waals surface area (Å²) in [6.07, 6.45) is 1.85. The van der Waals surface area contributed by atoms with Gasteiger partial charge < -0.3 is 20.5 Å². The zero-order chi connectivity index (χ0) is 28.3. The Morgan fingerprint density at radius 1 is 1.22 bits per heavy atom. The summed E-state index contributed by atoms with van der Waals surface area (Å²) in [4.78, 5) is 14.6. The van der Waals surface area contributed by atoms with Crippen LogP contribution in [0.5, 0.6) is 11.9 Å². The lowest BCUT2D eigenvalue weighted by Gasteiger charge is -2.30. The minimum atomic E-state index is -0.913. The van der Waals surface area contributed by atoms with E-state index in [2.05, 4.69) is 25.0 Å². The van der Waals surface area contributed by atoms with Gasteiger partial charge in [-0.1, -0.05) is 12.1 Å². The van der Waals surface area contributed by atoms with E-state index in [4.69, 9.17) is 21.8 Å². The van der Waals surface area contributed by atoms with Gasteiger partial charge in [-0.2, -0.15) is 9.97 Å².